The zero-order chi connectivity index (χ0) is 19.3. The number of nitro benzene ring substituents is 1. The normalized spacial score (nSPS) is 11.5. The molecule has 0 aliphatic heterocycles. The number of hydrogen-bond donors (Lipinski definition) is 3. The van der Waals surface area contributed by atoms with Crippen LogP contribution in [0.2, 0.25) is 0 Å². The standard InChI is InChI=1S/C18H19N3O4S/c1-3-11(2)12-7-8-16(22)15(10-12)19-18(26)20-17(23)13-5-4-6-14(9-13)21(24)25/h4-11,22H,3H2,1-2H3,(H2,19,20,23,26). The summed E-state index contributed by atoms with van der Waals surface area (Å²) in [5.74, 6) is -0.267. The minimum atomic E-state index is -0.580. The maximum absolute atomic E-state index is 12.2. The first-order valence-electron chi connectivity index (χ1n) is 8.01. The van der Waals surface area contributed by atoms with Gasteiger partial charge in [0, 0.05) is 17.7 Å². The molecule has 1 amide bonds. The van der Waals surface area contributed by atoms with Crippen molar-refractivity contribution in [3.05, 3.63) is 63.7 Å². The smallest absolute Gasteiger partial charge is 0.270 e. The number of carbonyl (C=O) groups excluding carboxylic acids is 1. The quantitative estimate of drug-likeness (QED) is 0.317. The number of nitrogens with zero attached hydrogens (tertiary/aromatic N) is 1. The van der Waals surface area contributed by atoms with E-state index in [1.807, 2.05) is 6.07 Å². The highest BCUT2D eigenvalue weighted by molar-refractivity contribution is 7.80. The number of carbonyl (C=O) groups is 1. The zero-order valence-electron chi connectivity index (χ0n) is 14.4. The summed E-state index contributed by atoms with van der Waals surface area (Å²) in [7, 11) is 0. The molecule has 0 radical (unpaired) electrons. The summed E-state index contributed by atoms with van der Waals surface area (Å²) in [6.45, 7) is 4.13. The van der Waals surface area contributed by atoms with E-state index in [0.29, 0.717) is 11.6 Å². The monoisotopic (exact) mass is 373 g/mol. The van der Waals surface area contributed by atoms with Gasteiger partial charge in [-0.2, -0.15) is 0 Å². The highest BCUT2D eigenvalue weighted by Crippen LogP contribution is 2.29. The van der Waals surface area contributed by atoms with Crippen LogP contribution in [0.3, 0.4) is 0 Å². The molecule has 0 saturated heterocycles. The number of phenols is 1. The van der Waals surface area contributed by atoms with Gasteiger partial charge in [0.1, 0.15) is 5.75 Å². The molecule has 0 aliphatic rings. The van der Waals surface area contributed by atoms with Gasteiger partial charge in [-0.25, -0.2) is 0 Å². The Kier molecular flexibility index (Phi) is 6.24. The van der Waals surface area contributed by atoms with Gasteiger partial charge >= 0.3 is 0 Å². The largest absolute Gasteiger partial charge is 0.506 e. The Labute approximate surface area is 156 Å². The number of hydrogen-bond acceptors (Lipinski definition) is 5. The average molecular weight is 373 g/mol. The van der Waals surface area contributed by atoms with Crippen LogP contribution in [0.5, 0.6) is 5.75 Å². The number of thiocarbonyl (C=S) groups is 1. The maximum atomic E-state index is 12.2. The fourth-order valence-corrected chi connectivity index (χ4v) is 2.49. The molecule has 0 saturated carbocycles. The van der Waals surface area contributed by atoms with Gasteiger partial charge in [0.15, 0.2) is 5.11 Å². The summed E-state index contributed by atoms with van der Waals surface area (Å²) in [4.78, 5) is 22.4. The number of nitrogens with one attached hydrogen (secondary N) is 2. The summed E-state index contributed by atoms with van der Waals surface area (Å²) in [6, 6.07) is 10.5. The Morgan fingerprint density at radius 3 is 2.69 bits per heavy atom. The predicted molar refractivity (Wildman–Crippen MR) is 104 cm³/mol. The second-order valence-electron chi connectivity index (χ2n) is 5.80. The summed E-state index contributed by atoms with van der Waals surface area (Å²) >= 11 is 5.11. The van der Waals surface area contributed by atoms with Crippen molar-refractivity contribution in [3.63, 3.8) is 0 Å². The van der Waals surface area contributed by atoms with Crippen molar-refractivity contribution in [1.29, 1.82) is 0 Å². The van der Waals surface area contributed by atoms with E-state index in [2.05, 4.69) is 24.5 Å². The summed E-state index contributed by atoms with van der Waals surface area (Å²) < 4.78 is 0. The van der Waals surface area contributed by atoms with Crippen LogP contribution in [0.1, 0.15) is 42.1 Å². The van der Waals surface area contributed by atoms with Gasteiger partial charge in [-0.1, -0.05) is 26.0 Å². The highest BCUT2D eigenvalue weighted by atomic mass is 32.1. The molecule has 0 aliphatic carbocycles. The van der Waals surface area contributed by atoms with Crippen LogP contribution in [0, 0.1) is 10.1 Å². The Balaban J connectivity index is 2.10. The molecule has 8 heteroatoms. The van der Waals surface area contributed by atoms with E-state index in [-0.39, 0.29) is 22.1 Å². The lowest BCUT2D eigenvalue weighted by Crippen LogP contribution is -2.34. The van der Waals surface area contributed by atoms with Crippen molar-refractivity contribution in [2.24, 2.45) is 0 Å². The molecule has 1 unspecified atom stereocenters. The predicted octanol–water partition coefficient (Wildman–Crippen LogP) is 3.94. The first-order chi connectivity index (χ1) is 12.3. The lowest BCUT2D eigenvalue weighted by Gasteiger charge is -2.14. The number of anilines is 1. The molecular formula is C18H19N3O4S. The van der Waals surface area contributed by atoms with Crippen LogP contribution in [0.4, 0.5) is 11.4 Å². The van der Waals surface area contributed by atoms with Gasteiger partial charge in [-0.3, -0.25) is 20.2 Å². The topological polar surface area (TPSA) is 104 Å². The van der Waals surface area contributed by atoms with E-state index in [9.17, 15) is 20.0 Å². The SMILES string of the molecule is CCC(C)c1ccc(O)c(NC(=S)NC(=O)c2cccc([N+](=O)[O-])c2)c1. The molecule has 3 N–H and O–H groups in total. The van der Waals surface area contributed by atoms with Crippen LogP contribution >= 0.6 is 12.2 Å². The second kappa shape index (κ2) is 8.39. The molecule has 7 nitrogen and oxygen atoms in total. The zero-order valence-corrected chi connectivity index (χ0v) is 15.2. The van der Waals surface area contributed by atoms with Crippen LogP contribution in [-0.4, -0.2) is 21.0 Å². The third-order valence-corrected chi connectivity index (χ3v) is 4.20. The van der Waals surface area contributed by atoms with Crippen LogP contribution < -0.4 is 10.6 Å². The number of nitro groups is 1. The van der Waals surface area contributed by atoms with Crippen molar-refractivity contribution >= 4 is 34.6 Å². The van der Waals surface area contributed by atoms with Gasteiger partial charge < -0.3 is 10.4 Å². The molecule has 136 valence electrons. The van der Waals surface area contributed by atoms with Gasteiger partial charge in [0.05, 0.1) is 10.6 Å². The van der Waals surface area contributed by atoms with Crippen LogP contribution in [0.15, 0.2) is 42.5 Å². The van der Waals surface area contributed by atoms with Crippen LogP contribution in [-0.2, 0) is 0 Å². The van der Waals surface area contributed by atoms with Gasteiger partial charge in [0.2, 0.25) is 0 Å². The Morgan fingerprint density at radius 1 is 1.31 bits per heavy atom. The molecule has 26 heavy (non-hydrogen) atoms. The van der Waals surface area contributed by atoms with Gasteiger partial charge in [-0.05, 0) is 48.3 Å². The molecular weight excluding hydrogens is 354 g/mol. The Hall–Kier alpha value is -3.00. The van der Waals surface area contributed by atoms with Crippen molar-refractivity contribution in [2.75, 3.05) is 5.32 Å². The molecule has 0 bridgehead atoms. The van der Waals surface area contributed by atoms with E-state index in [1.165, 1.54) is 24.3 Å². The number of non-ortho nitro benzene ring substituents is 1. The molecule has 2 aromatic carbocycles. The maximum Gasteiger partial charge on any atom is 0.270 e. The van der Waals surface area contributed by atoms with Crippen LogP contribution in [0.25, 0.3) is 0 Å². The number of rotatable bonds is 5. The summed E-state index contributed by atoms with van der Waals surface area (Å²) in [5.41, 5.74) is 1.34. The van der Waals surface area contributed by atoms with Crippen molar-refractivity contribution in [1.82, 2.24) is 5.32 Å². The number of amides is 1. The van der Waals surface area contributed by atoms with E-state index >= 15 is 0 Å². The minimum absolute atomic E-state index is 0.00370. The molecule has 2 rings (SSSR count). The third kappa shape index (κ3) is 4.76. The molecule has 2 aromatic rings. The first-order valence-corrected chi connectivity index (χ1v) is 8.42. The van der Waals surface area contributed by atoms with E-state index in [4.69, 9.17) is 12.2 Å². The highest BCUT2D eigenvalue weighted by Gasteiger charge is 2.14. The van der Waals surface area contributed by atoms with Crippen molar-refractivity contribution in [2.45, 2.75) is 26.2 Å². The molecule has 0 heterocycles. The lowest BCUT2D eigenvalue weighted by atomic mass is 9.98. The molecule has 0 aromatic heterocycles. The average Bonchev–Trinajstić information content (AvgIpc) is 2.62. The second-order valence-corrected chi connectivity index (χ2v) is 6.21. The molecule has 0 spiro atoms. The Bertz CT molecular complexity index is 854. The lowest BCUT2D eigenvalue weighted by molar-refractivity contribution is -0.384. The number of phenolic OH excluding ortho intramolecular Hbond substituents is 1. The van der Waals surface area contributed by atoms with E-state index < -0.39 is 10.8 Å². The van der Waals surface area contributed by atoms with Gasteiger partial charge in [-0.15, -0.1) is 0 Å². The number of aromatic hydroxyl groups is 1. The van der Waals surface area contributed by atoms with Crippen molar-refractivity contribution < 1.29 is 14.8 Å². The van der Waals surface area contributed by atoms with Gasteiger partial charge in [0.25, 0.3) is 11.6 Å². The molecule has 1 atom stereocenters. The molecule has 0 fully saturated rings. The summed E-state index contributed by atoms with van der Waals surface area (Å²) in [5, 5.41) is 26.0. The Morgan fingerprint density at radius 2 is 2.04 bits per heavy atom. The fourth-order valence-electron chi connectivity index (χ4n) is 2.29. The summed E-state index contributed by atoms with van der Waals surface area (Å²) in [6.07, 6.45) is 0.943. The third-order valence-electron chi connectivity index (χ3n) is 4.00. The van der Waals surface area contributed by atoms with E-state index in [1.54, 1.807) is 12.1 Å². The van der Waals surface area contributed by atoms with Crippen molar-refractivity contribution in [3.8, 4) is 5.75 Å². The number of benzene rings is 2. The first kappa shape index (κ1) is 19.3. The van der Waals surface area contributed by atoms with E-state index in [0.717, 1.165) is 12.0 Å². The fraction of sp³-hybridized carbons (Fsp3) is 0.222. The minimum Gasteiger partial charge on any atom is -0.506 e.